The van der Waals surface area contributed by atoms with Crippen molar-refractivity contribution >= 4 is 11.6 Å². The minimum absolute atomic E-state index is 0.775. The predicted octanol–water partition coefficient (Wildman–Crippen LogP) is 3.17. The van der Waals surface area contributed by atoms with Crippen molar-refractivity contribution in [3.05, 3.63) is 28.8 Å². The van der Waals surface area contributed by atoms with Crippen LogP contribution in [0.3, 0.4) is 0 Å². The maximum absolute atomic E-state index is 6.24. The van der Waals surface area contributed by atoms with Crippen LogP contribution < -0.4 is 10.1 Å². The van der Waals surface area contributed by atoms with Gasteiger partial charge in [0.15, 0.2) is 0 Å². The van der Waals surface area contributed by atoms with E-state index < -0.39 is 0 Å². The summed E-state index contributed by atoms with van der Waals surface area (Å²) < 4.78 is 5.37. The standard InChI is InChI=1S/C16H25ClN2O/c1-3-19-9-7-13(8-10-19)11-18-12-14-15(17)5-4-6-16(14)20-2/h4-6,13,18H,3,7-12H2,1-2H3. The van der Waals surface area contributed by atoms with Crippen molar-refractivity contribution in [2.24, 2.45) is 5.92 Å². The van der Waals surface area contributed by atoms with Crippen molar-refractivity contribution < 1.29 is 4.74 Å². The summed E-state index contributed by atoms with van der Waals surface area (Å²) >= 11 is 6.24. The second kappa shape index (κ2) is 7.87. The van der Waals surface area contributed by atoms with Gasteiger partial charge in [-0.05, 0) is 57.1 Å². The van der Waals surface area contributed by atoms with Crippen molar-refractivity contribution in [3.8, 4) is 5.75 Å². The highest BCUT2D eigenvalue weighted by Gasteiger charge is 2.17. The van der Waals surface area contributed by atoms with Crippen LogP contribution in [0, 0.1) is 5.92 Å². The molecule has 0 amide bonds. The molecular formula is C16H25ClN2O. The second-order valence-electron chi connectivity index (χ2n) is 5.43. The van der Waals surface area contributed by atoms with Crippen LogP contribution in [0.5, 0.6) is 5.75 Å². The molecule has 0 spiro atoms. The van der Waals surface area contributed by atoms with E-state index in [2.05, 4.69) is 17.1 Å². The fourth-order valence-electron chi connectivity index (χ4n) is 2.81. The molecule has 1 fully saturated rings. The Bertz CT molecular complexity index is 417. The van der Waals surface area contributed by atoms with E-state index in [1.54, 1.807) is 7.11 Å². The van der Waals surface area contributed by atoms with Gasteiger partial charge in [-0.2, -0.15) is 0 Å². The van der Waals surface area contributed by atoms with Gasteiger partial charge in [-0.25, -0.2) is 0 Å². The van der Waals surface area contributed by atoms with Gasteiger partial charge in [-0.1, -0.05) is 24.6 Å². The van der Waals surface area contributed by atoms with Crippen molar-refractivity contribution in [3.63, 3.8) is 0 Å². The van der Waals surface area contributed by atoms with Gasteiger partial charge >= 0.3 is 0 Å². The maximum atomic E-state index is 6.24. The highest BCUT2D eigenvalue weighted by Crippen LogP contribution is 2.26. The lowest BCUT2D eigenvalue weighted by molar-refractivity contribution is 0.190. The lowest BCUT2D eigenvalue weighted by atomic mass is 9.97. The van der Waals surface area contributed by atoms with Crippen LogP contribution in [0.4, 0.5) is 0 Å². The fourth-order valence-corrected chi connectivity index (χ4v) is 3.04. The molecule has 4 heteroatoms. The molecular weight excluding hydrogens is 272 g/mol. The molecule has 1 aliphatic heterocycles. The third-order valence-electron chi connectivity index (χ3n) is 4.18. The fraction of sp³-hybridized carbons (Fsp3) is 0.625. The Morgan fingerprint density at radius 1 is 1.35 bits per heavy atom. The first-order valence-corrected chi connectivity index (χ1v) is 7.86. The number of hydrogen-bond acceptors (Lipinski definition) is 3. The summed E-state index contributed by atoms with van der Waals surface area (Å²) in [6, 6.07) is 5.80. The number of nitrogens with zero attached hydrogens (tertiary/aromatic N) is 1. The highest BCUT2D eigenvalue weighted by atomic mass is 35.5. The van der Waals surface area contributed by atoms with Crippen molar-refractivity contribution in [2.45, 2.75) is 26.3 Å². The molecule has 0 aliphatic carbocycles. The normalized spacial score (nSPS) is 17.4. The lowest BCUT2D eigenvalue weighted by Gasteiger charge is -2.31. The number of nitrogens with one attached hydrogen (secondary N) is 1. The summed E-state index contributed by atoms with van der Waals surface area (Å²) in [5, 5.41) is 4.31. The Morgan fingerprint density at radius 2 is 2.10 bits per heavy atom. The van der Waals surface area contributed by atoms with E-state index in [1.807, 2.05) is 18.2 Å². The number of benzene rings is 1. The van der Waals surface area contributed by atoms with Crippen LogP contribution in [0.1, 0.15) is 25.3 Å². The second-order valence-corrected chi connectivity index (χ2v) is 5.84. The maximum Gasteiger partial charge on any atom is 0.124 e. The van der Waals surface area contributed by atoms with E-state index in [9.17, 15) is 0 Å². The number of likely N-dealkylation sites (tertiary alicyclic amines) is 1. The van der Waals surface area contributed by atoms with E-state index in [0.29, 0.717) is 0 Å². The quantitative estimate of drug-likeness (QED) is 0.873. The van der Waals surface area contributed by atoms with Gasteiger partial charge in [-0.3, -0.25) is 0 Å². The zero-order chi connectivity index (χ0) is 14.4. The molecule has 1 N–H and O–H groups in total. The molecule has 0 unspecified atom stereocenters. The van der Waals surface area contributed by atoms with E-state index >= 15 is 0 Å². The molecule has 0 bridgehead atoms. The van der Waals surface area contributed by atoms with E-state index in [0.717, 1.165) is 35.3 Å². The molecule has 0 saturated carbocycles. The molecule has 3 nitrogen and oxygen atoms in total. The SMILES string of the molecule is CCN1CCC(CNCc2c(Cl)cccc2OC)CC1. The van der Waals surface area contributed by atoms with Gasteiger partial charge in [-0.15, -0.1) is 0 Å². The van der Waals surface area contributed by atoms with E-state index in [4.69, 9.17) is 16.3 Å². The van der Waals surface area contributed by atoms with Gasteiger partial charge < -0.3 is 15.0 Å². The topological polar surface area (TPSA) is 24.5 Å². The lowest BCUT2D eigenvalue weighted by Crippen LogP contribution is -2.37. The average molecular weight is 297 g/mol. The molecule has 2 rings (SSSR count). The summed E-state index contributed by atoms with van der Waals surface area (Å²) in [5.74, 6) is 1.65. The van der Waals surface area contributed by atoms with Crippen molar-refractivity contribution in [1.82, 2.24) is 10.2 Å². The summed E-state index contributed by atoms with van der Waals surface area (Å²) in [4.78, 5) is 2.52. The smallest absolute Gasteiger partial charge is 0.124 e. The van der Waals surface area contributed by atoms with E-state index in [1.165, 1.54) is 32.5 Å². The number of piperidine rings is 1. The molecule has 1 aliphatic rings. The van der Waals surface area contributed by atoms with Crippen molar-refractivity contribution in [2.75, 3.05) is 33.3 Å². The molecule has 0 radical (unpaired) electrons. The first-order valence-electron chi connectivity index (χ1n) is 7.49. The summed E-state index contributed by atoms with van der Waals surface area (Å²) in [6.45, 7) is 7.72. The molecule has 1 aromatic rings. The minimum Gasteiger partial charge on any atom is -0.496 e. The van der Waals surface area contributed by atoms with Crippen LogP contribution >= 0.6 is 11.6 Å². The Labute approximate surface area is 127 Å². The predicted molar refractivity (Wildman–Crippen MR) is 84.5 cm³/mol. The molecule has 0 atom stereocenters. The third-order valence-corrected chi connectivity index (χ3v) is 4.54. The summed E-state index contributed by atoms with van der Waals surface area (Å²) in [5.41, 5.74) is 1.06. The van der Waals surface area contributed by atoms with Gasteiger partial charge in [0.05, 0.1) is 7.11 Å². The Kier molecular flexibility index (Phi) is 6.14. The molecule has 0 aromatic heterocycles. The number of methoxy groups -OCH3 is 1. The number of ether oxygens (including phenoxy) is 1. The Morgan fingerprint density at radius 3 is 2.75 bits per heavy atom. The summed E-state index contributed by atoms with van der Waals surface area (Å²) in [7, 11) is 1.69. The first kappa shape index (κ1) is 15.6. The Hall–Kier alpha value is -0.770. The monoisotopic (exact) mass is 296 g/mol. The number of rotatable bonds is 6. The third kappa shape index (κ3) is 4.11. The Balaban J connectivity index is 1.79. The van der Waals surface area contributed by atoms with Crippen LogP contribution in [0.15, 0.2) is 18.2 Å². The zero-order valence-electron chi connectivity index (χ0n) is 12.5. The number of halogens is 1. The largest absolute Gasteiger partial charge is 0.496 e. The zero-order valence-corrected chi connectivity index (χ0v) is 13.2. The van der Waals surface area contributed by atoms with Gasteiger partial charge in [0.1, 0.15) is 5.75 Å². The van der Waals surface area contributed by atoms with Crippen LogP contribution in [-0.2, 0) is 6.54 Å². The molecule has 1 heterocycles. The molecule has 112 valence electrons. The van der Waals surface area contributed by atoms with Crippen LogP contribution in [0.2, 0.25) is 5.02 Å². The van der Waals surface area contributed by atoms with E-state index in [-0.39, 0.29) is 0 Å². The molecule has 1 saturated heterocycles. The molecule has 20 heavy (non-hydrogen) atoms. The highest BCUT2D eigenvalue weighted by molar-refractivity contribution is 6.31. The number of hydrogen-bond donors (Lipinski definition) is 1. The van der Waals surface area contributed by atoms with Gasteiger partial charge in [0, 0.05) is 17.1 Å². The van der Waals surface area contributed by atoms with Gasteiger partial charge in [0.2, 0.25) is 0 Å². The minimum atomic E-state index is 0.775. The summed E-state index contributed by atoms with van der Waals surface area (Å²) in [6.07, 6.45) is 2.58. The van der Waals surface area contributed by atoms with Crippen molar-refractivity contribution in [1.29, 1.82) is 0 Å². The van der Waals surface area contributed by atoms with Crippen LogP contribution in [0.25, 0.3) is 0 Å². The first-order chi connectivity index (χ1) is 9.74. The van der Waals surface area contributed by atoms with Gasteiger partial charge in [0.25, 0.3) is 0 Å². The van der Waals surface area contributed by atoms with Crippen LogP contribution in [-0.4, -0.2) is 38.2 Å². The average Bonchev–Trinajstić information content (AvgIpc) is 2.49. The molecule has 1 aromatic carbocycles.